The lowest BCUT2D eigenvalue weighted by Gasteiger charge is -2.47. The van der Waals surface area contributed by atoms with Gasteiger partial charge in [0.25, 0.3) is 0 Å². The Balaban J connectivity index is 2.03. The standard InChI is InChI=1S/C14H22N2/c1-11(15-4)12-5-7-13(8-6-12)16-9-14(2,3)10-16/h5-8,11,15H,9-10H2,1-4H3. The molecule has 88 valence electrons. The van der Waals surface area contributed by atoms with Gasteiger partial charge in [0.1, 0.15) is 0 Å². The van der Waals surface area contributed by atoms with Gasteiger partial charge in [0.05, 0.1) is 0 Å². The van der Waals surface area contributed by atoms with Gasteiger partial charge in [-0.25, -0.2) is 0 Å². The summed E-state index contributed by atoms with van der Waals surface area (Å²) in [5, 5.41) is 3.26. The molecule has 16 heavy (non-hydrogen) atoms. The fourth-order valence-corrected chi connectivity index (χ4v) is 2.31. The summed E-state index contributed by atoms with van der Waals surface area (Å²) < 4.78 is 0. The summed E-state index contributed by atoms with van der Waals surface area (Å²) in [6, 6.07) is 9.35. The molecule has 1 aromatic rings. The molecule has 1 N–H and O–H groups in total. The first kappa shape index (κ1) is 11.5. The van der Waals surface area contributed by atoms with E-state index in [-0.39, 0.29) is 0 Å². The SMILES string of the molecule is CNC(C)c1ccc(N2CC(C)(C)C2)cc1. The first-order valence-corrected chi connectivity index (χ1v) is 6.04. The van der Waals surface area contributed by atoms with Gasteiger partial charge < -0.3 is 10.2 Å². The molecule has 1 saturated heterocycles. The Morgan fingerprint density at radius 1 is 1.19 bits per heavy atom. The monoisotopic (exact) mass is 218 g/mol. The Labute approximate surface area is 98.7 Å². The molecule has 0 spiro atoms. The number of nitrogens with one attached hydrogen (secondary N) is 1. The van der Waals surface area contributed by atoms with Crippen molar-refractivity contribution >= 4 is 5.69 Å². The molecule has 0 radical (unpaired) electrons. The highest BCUT2D eigenvalue weighted by atomic mass is 15.2. The van der Waals surface area contributed by atoms with Crippen molar-refractivity contribution in [1.82, 2.24) is 5.32 Å². The number of rotatable bonds is 3. The Morgan fingerprint density at radius 2 is 1.75 bits per heavy atom. The lowest BCUT2D eigenvalue weighted by molar-refractivity contribution is 0.276. The highest BCUT2D eigenvalue weighted by Crippen LogP contribution is 2.33. The largest absolute Gasteiger partial charge is 0.370 e. The van der Waals surface area contributed by atoms with Crippen molar-refractivity contribution in [2.24, 2.45) is 5.41 Å². The summed E-state index contributed by atoms with van der Waals surface area (Å²) in [6.45, 7) is 9.17. The van der Waals surface area contributed by atoms with Crippen LogP contribution in [0.2, 0.25) is 0 Å². The predicted octanol–water partition coefficient (Wildman–Crippen LogP) is 2.81. The minimum absolute atomic E-state index is 0.432. The Morgan fingerprint density at radius 3 is 2.19 bits per heavy atom. The third-order valence-corrected chi connectivity index (χ3v) is 3.43. The Hall–Kier alpha value is -1.02. The summed E-state index contributed by atoms with van der Waals surface area (Å²) in [4.78, 5) is 2.44. The maximum atomic E-state index is 3.26. The van der Waals surface area contributed by atoms with E-state index in [0.717, 1.165) is 0 Å². The van der Waals surface area contributed by atoms with Gasteiger partial charge in [0, 0.05) is 24.8 Å². The lowest BCUT2D eigenvalue weighted by atomic mass is 9.84. The van der Waals surface area contributed by atoms with Gasteiger partial charge in [0.15, 0.2) is 0 Å². The minimum Gasteiger partial charge on any atom is -0.370 e. The fourth-order valence-electron chi connectivity index (χ4n) is 2.31. The smallest absolute Gasteiger partial charge is 0.0366 e. The maximum Gasteiger partial charge on any atom is 0.0366 e. The first-order valence-electron chi connectivity index (χ1n) is 6.04. The number of anilines is 1. The van der Waals surface area contributed by atoms with Crippen LogP contribution in [-0.2, 0) is 0 Å². The summed E-state index contributed by atoms with van der Waals surface area (Å²) in [7, 11) is 2.00. The zero-order chi connectivity index (χ0) is 11.8. The van der Waals surface area contributed by atoms with Gasteiger partial charge in [-0.15, -0.1) is 0 Å². The first-order chi connectivity index (χ1) is 7.52. The number of benzene rings is 1. The molecular formula is C14H22N2. The Bertz CT molecular complexity index is 346. The van der Waals surface area contributed by atoms with Crippen molar-refractivity contribution in [3.05, 3.63) is 29.8 Å². The molecule has 0 saturated carbocycles. The van der Waals surface area contributed by atoms with E-state index in [1.54, 1.807) is 0 Å². The lowest BCUT2D eigenvalue weighted by Crippen LogP contribution is -2.53. The number of nitrogens with zero attached hydrogens (tertiary/aromatic N) is 1. The van der Waals surface area contributed by atoms with Crippen LogP contribution in [0.15, 0.2) is 24.3 Å². The van der Waals surface area contributed by atoms with E-state index >= 15 is 0 Å². The highest BCUT2D eigenvalue weighted by molar-refractivity contribution is 5.50. The molecule has 1 aliphatic heterocycles. The van der Waals surface area contributed by atoms with Crippen LogP contribution in [0.1, 0.15) is 32.4 Å². The molecule has 1 heterocycles. The van der Waals surface area contributed by atoms with Crippen molar-refractivity contribution < 1.29 is 0 Å². The molecule has 1 unspecified atom stereocenters. The van der Waals surface area contributed by atoms with E-state index in [4.69, 9.17) is 0 Å². The van der Waals surface area contributed by atoms with Crippen LogP contribution in [0.25, 0.3) is 0 Å². The fraction of sp³-hybridized carbons (Fsp3) is 0.571. The second-order valence-electron chi connectivity index (χ2n) is 5.62. The van der Waals surface area contributed by atoms with Crippen LogP contribution < -0.4 is 10.2 Å². The summed E-state index contributed by atoms with van der Waals surface area (Å²) in [5.41, 5.74) is 3.20. The van der Waals surface area contributed by atoms with Crippen LogP contribution in [0, 0.1) is 5.41 Å². The molecule has 2 nitrogen and oxygen atoms in total. The average Bonchev–Trinajstić information content (AvgIpc) is 2.25. The molecule has 0 amide bonds. The molecule has 0 aromatic heterocycles. The normalized spacial score (nSPS) is 20.4. The molecule has 0 aliphatic carbocycles. The van der Waals surface area contributed by atoms with Gasteiger partial charge in [0.2, 0.25) is 0 Å². The maximum absolute atomic E-state index is 3.26. The van der Waals surface area contributed by atoms with Gasteiger partial charge in [-0.1, -0.05) is 26.0 Å². The van der Waals surface area contributed by atoms with E-state index in [0.29, 0.717) is 11.5 Å². The predicted molar refractivity (Wildman–Crippen MR) is 69.9 cm³/mol. The molecule has 0 bridgehead atoms. The minimum atomic E-state index is 0.432. The van der Waals surface area contributed by atoms with Crippen molar-refractivity contribution in [1.29, 1.82) is 0 Å². The van der Waals surface area contributed by atoms with E-state index < -0.39 is 0 Å². The second-order valence-corrected chi connectivity index (χ2v) is 5.62. The van der Waals surface area contributed by atoms with Crippen LogP contribution in [0.5, 0.6) is 0 Å². The quantitative estimate of drug-likeness (QED) is 0.839. The second kappa shape index (κ2) is 4.10. The molecular weight excluding hydrogens is 196 g/mol. The molecule has 2 rings (SSSR count). The van der Waals surface area contributed by atoms with E-state index in [1.165, 1.54) is 24.3 Å². The van der Waals surface area contributed by atoms with Gasteiger partial charge in [-0.05, 0) is 37.1 Å². The van der Waals surface area contributed by atoms with Gasteiger partial charge in [-0.3, -0.25) is 0 Å². The van der Waals surface area contributed by atoms with E-state index in [9.17, 15) is 0 Å². The molecule has 2 heteroatoms. The van der Waals surface area contributed by atoms with Crippen LogP contribution in [-0.4, -0.2) is 20.1 Å². The van der Waals surface area contributed by atoms with Crippen molar-refractivity contribution in [3.63, 3.8) is 0 Å². The topological polar surface area (TPSA) is 15.3 Å². The van der Waals surface area contributed by atoms with Crippen molar-refractivity contribution in [2.75, 3.05) is 25.0 Å². The van der Waals surface area contributed by atoms with Crippen molar-refractivity contribution in [2.45, 2.75) is 26.8 Å². The number of hydrogen-bond acceptors (Lipinski definition) is 2. The molecule has 1 fully saturated rings. The zero-order valence-corrected chi connectivity index (χ0v) is 10.7. The van der Waals surface area contributed by atoms with E-state index in [2.05, 4.69) is 55.3 Å². The zero-order valence-electron chi connectivity index (χ0n) is 10.7. The van der Waals surface area contributed by atoms with Gasteiger partial charge in [-0.2, -0.15) is 0 Å². The average molecular weight is 218 g/mol. The van der Waals surface area contributed by atoms with Crippen LogP contribution >= 0.6 is 0 Å². The molecule has 1 atom stereocenters. The van der Waals surface area contributed by atoms with Crippen LogP contribution in [0.4, 0.5) is 5.69 Å². The van der Waals surface area contributed by atoms with Crippen molar-refractivity contribution in [3.8, 4) is 0 Å². The summed E-state index contributed by atoms with van der Waals surface area (Å²) in [5.74, 6) is 0. The van der Waals surface area contributed by atoms with E-state index in [1.807, 2.05) is 7.05 Å². The highest BCUT2D eigenvalue weighted by Gasteiger charge is 2.33. The summed E-state index contributed by atoms with van der Waals surface area (Å²) >= 11 is 0. The van der Waals surface area contributed by atoms with Crippen LogP contribution in [0.3, 0.4) is 0 Å². The summed E-state index contributed by atoms with van der Waals surface area (Å²) in [6.07, 6.45) is 0. The molecule has 1 aliphatic rings. The van der Waals surface area contributed by atoms with Gasteiger partial charge >= 0.3 is 0 Å². The molecule has 1 aromatic carbocycles. The Kier molecular flexibility index (Phi) is 2.94. The third-order valence-electron chi connectivity index (χ3n) is 3.43. The third kappa shape index (κ3) is 2.22. The number of hydrogen-bond donors (Lipinski definition) is 1.